The predicted octanol–water partition coefficient (Wildman–Crippen LogP) is 3.66. The minimum absolute atomic E-state index is 0.381. The molecule has 0 fully saturated rings. The maximum Gasteiger partial charge on any atom is 0.315 e. The van der Waals surface area contributed by atoms with Gasteiger partial charge in [0.15, 0.2) is 0 Å². The average Bonchev–Trinajstić information content (AvgIpc) is 3.14. The normalized spacial score (nSPS) is 11.1. The molecule has 0 aliphatic carbocycles. The highest BCUT2D eigenvalue weighted by molar-refractivity contribution is 6.30. The Balaban J connectivity index is 1.61. The minimum atomic E-state index is 0.381. The SMILES string of the molecule is CN(C)Cc1nnc(NCc2ccc(-c3ccc(Cl)cc3)o2)o1. The van der Waals surface area contributed by atoms with Crippen LogP contribution >= 0.6 is 11.6 Å². The van der Waals surface area contributed by atoms with Crippen LogP contribution in [0.2, 0.25) is 5.02 Å². The molecule has 23 heavy (non-hydrogen) atoms. The molecule has 120 valence electrons. The summed E-state index contributed by atoms with van der Waals surface area (Å²) in [6.07, 6.45) is 0. The molecule has 0 radical (unpaired) electrons. The van der Waals surface area contributed by atoms with Crippen molar-refractivity contribution in [1.82, 2.24) is 15.1 Å². The molecule has 0 amide bonds. The van der Waals surface area contributed by atoms with Crippen molar-refractivity contribution in [3.05, 3.63) is 53.1 Å². The third-order valence-corrected chi connectivity index (χ3v) is 3.37. The van der Waals surface area contributed by atoms with Gasteiger partial charge in [0.1, 0.15) is 11.5 Å². The zero-order chi connectivity index (χ0) is 16.2. The fraction of sp³-hybridized carbons (Fsp3) is 0.250. The number of rotatable bonds is 6. The first kappa shape index (κ1) is 15.6. The molecular weight excluding hydrogens is 316 g/mol. The molecule has 0 bridgehead atoms. The van der Waals surface area contributed by atoms with Gasteiger partial charge in [-0.3, -0.25) is 0 Å². The summed E-state index contributed by atoms with van der Waals surface area (Å²) in [5, 5.41) is 11.7. The first-order valence-corrected chi connectivity index (χ1v) is 7.53. The van der Waals surface area contributed by atoms with Gasteiger partial charge in [-0.2, -0.15) is 0 Å². The Labute approximate surface area is 139 Å². The quantitative estimate of drug-likeness (QED) is 0.743. The van der Waals surface area contributed by atoms with E-state index in [9.17, 15) is 0 Å². The van der Waals surface area contributed by atoms with Crippen LogP contribution in [-0.2, 0) is 13.1 Å². The molecule has 3 aromatic rings. The van der Waals surface area contributed by atoms with Crippen molar-refractivity contribution in [3.63, 3.8) is 0 Å². The molecule has 1 N–H and O–H groups in total. The number of hydrogen-bond acceptors (Lipinski definition) is 6. The zero-order valence-electron chi connectivity index (χ0n) is 12.9. The Morgan fingerprint density at radius 3 is 2.57 bits per heavy atom. The summed E-state index contributed by atoms with van der Waals surface area (Å²) in [7, 11) is 3.89. The Morgan fingerprint density at radius 1 is 1.04 bits per heavy atom. The standard InChI is InChI=1S/C16H17ClN4O2/c1-21(2)10-15-19-20-16(23-15)18-9-13-7-8-14(22-13)11-3-5-12(17)6-4-11/h3-8H,9-10H2,1-2H3,(H,18,20). The van der Waals surface area contributed by atoms with Crippen LogP contribution in [0.3, 0.4) is 0 Å². The van der Waals surface area contributed by atoms with Gasteiger partial charge in [0, 0.05) is 10.6 Å². The summed E-state index contributed by atoms with van der Waals surface area (Å²) >= 11 is 5.89. The van der Waals surface area contributed by atoms with Crippen molar-refractivity contribution < 1.29 is 8.83 Å². The molecule has 0 spiro atoms. The van der Waals surface area contributed by atoms with E-state index in [1.54, 1.807) is 0 Å². The van der Waals surface area contributed by atoms with E-state index in [-0.39, 0.29) is 0 Å². The van der Waals surface area contributed by atoms with Crippen LogP contribution < -0.4 is 5.32 Å². The first-order valence-electron chi connectivity index (χ1n) is 7.16. The van der Waals surface area contributed by atoms with Gasteiger partial charge in [-0.25, -0.2) is 0 Å². The molecule has 0 saturated carbocycles. The lowest BCUT2D eigenvalue weighted by Gasteiger charge is -2.03. The average molecular weight is 333 g/mol. The second-order valence-electron chi connectivity index (χ2n) is 5.37. The Kier molecular flexibility index (Phi) is 4.64. The topological polar surface area (TPSA) is 67.3 Å². The molecule has 1 aromatic carbocycles. The zero-order valence-corrected chi connectivity index (χ0v) is 13.7. The summed E-state index contributed by atoms with van der Waals surface area (Å²) in [5.41, 5.74) is 0.978. The van der Waals surface area contributed by atoms with Gasteiger partial charge in [-0.1, -0.05) is 16.7 Å². The molecule has 2 heterocycles. The highest BCUT2D eigenvalue weighted by Crippen LogP contribution is 2.24. The summed E-state index contributed by atoms with van der Waals surface area (Å²) < 4.78 is 11.3. The number of nitrogens with zero attached hydrogens (tertiary/aromatic N) is 3. The Hall–Kier alpha value is -2.31. The molecular formula is C16H17ClN4O2. The number of aromatic nitrogens is 2. The van der Waals surface area contributed by atoms with E-state index in [0.717, 1.165) is 17.1 Å². The fourth-order valence-corrected chi connectivity index (χ4v) is 2.19. The van der Waals surface area contributed by atoms with Gasteiger partial charge in [0.05, 0.1) is 13.1 Å². The minimum Gasteiger partial charge on any atom is -0.459 e. The maximum absolute atomic E-state index is 5.89. The maximum atomic E-state index is 5.89. The third kappa shape index (κ3) is 4.12. The largest absolute Gasteiger partial charge is 0.459 e. The van der Waals surface area contributed by atoms with Gasteiger partial charge in [-0.15, -0.1) is 5.10 Å². The van der Waals surface area contributed by atoms with E-state index in [0.29, 0.717) is 30.0 Å². The molecule has 0 atom stereocenters. The van der Waals surface area contributed by atoms with Gasteiger partial charge < -0.3 is 19.1 Å². The number of furan rings is 1. The van der Waals surface area contributed by atoms with E-state index in [4.69, 9.17) is 20.4 Å². The number of halogens is 1. The van der Waals surface area contributed by atoms with Crippen molar-refractivity contribution in [2.24, 2.45) is 0 Å². The molecule has 3 rings (SSSR count). The third-order valence-electron chi connectivity index (χ3n) is 3.12. The lowest BCUT2D eigenvalue weighted by molar-refractivity contribution is 0.344. The van der Waals surface area contributed by atoms with Crippen molar-refractivity contribution >= 4 is 17.6 Å². The highest BCUT2D eigenvalue weighted by Gasteiger charge is 2.09. The van der Waals surface area contributed by atoms with Crippen LogP contribution in [0, 0.1) is 0 Å². The number of hydrogen-bond donors (Lipinski definition) is 1. The fourth-order valence-electron chi connectivity index (χ4n) is 2.06. The van der Waals surface area contributed by atoms with Crippen LogP contribution in [0.1, 0.15) is 11.7 Å². The molecule has 0 aliphatic heterocycles. The van der Waals surface area contributed by atoms with Gasteiger partial charge in [0.25, 0.3) is 0 Å². The van der Waals surface area contributed by atoms with Crippen molar-refractivity contribution in [1.29, 1.82) is 0 Å². The summed E-state index contributed by atoms with van der Waals surface area (Å²) in [6, 6.07) is 11.7. The van der Waals surface area contributed by atoms with E-state index in [1.165, 1.54) is 0 Å². The van der Waals surface area contributed by atoms with Crippen LogP contribution in [0.15, 0.2) is 45.2 Å². The number of anilines is 1. The van der Waals surface area contributed by atoms with Crippen molar-refractivity contribution in [2.75, 3.05) is 19.4 Å². The smallest absolute Gasteiger partial charge is 0.315 e. The van der Waals surface area contributed by atoms with Crippen molar-refractivity contribution in [2.45, 2.75) is 13.1 Å². The van der Waals surface area contributed by atoms with Crippen LogP contribution in [0.5, 0.6) is 0 Å². The summed E-state index contributed by atoms with van der Waals surface area (Å²) in [5.74, 6) is 2.14. The second kappa shape index (κ2) is 6.85. The van der Waals surface area contributed by atoms with Crippen LogP contribution in [0.4, 0.5) is 6.01 Å². The van der Waals surface area contributed by atoms with Crippen LogP contribution in [-0.4, -0.2) is 29.2 Å². The summed E-state index contributed by atoms with van der Waals surface area (Å²) in [6.45, 7) is 1.08. The summed E-state index contributed by atoms with van der Waals surface area (Å²) in [4.78, 5) is 1.96. The lowest BCUT2D eigenvalue weighted by Crippen LogP contribution is -2.10. The number of benzene rings is 1. The van der Waals surface area contributed by atoms with Crippen molar-refractivity contribution in [3.8, 4) is 11.3 Å². The predicted molar refractivity (Wildman–Crippen MR) is 88.2 cm³/mol. The molecule has 6 nitrogen and oxygen atoms in total. The number of nitrogens with one attached hydrogen (secondary N) is 1. The van der Waals surface area contributed by atoms with E-state index < -0.39 is 0 Å². The van der Waals surface area contributed by atoms with Gasteiger partial charge >= 0.3 is 6.01 Å². The van der Waals surface area contributed by atoms with Gasteiger partial charge in [-0.05, 0) is 50.5 Å². The van der Waals surface area contributed by atoms with E-state index in [1.807, 2.05) is 55.4 Å². The van der Waals surface area contributed by atoms with E-state index >= 15 is 0 Å². The lowest BCUT2D eigenvalue weighted by atomic mass is 10.2. The van der Waals surface area contributed by atoms with E-state index in [2.05, 4.69) is 15.5 Å². The Morgan fingerprint density at radius 2 is 1.83 bits per heavy atom. The highest BCUT2D eigenvalue weighted by atomic mass is 35.5. The molecule has 0 saturated heterocycles. The van der Waals surface area contributed by atoms with Gasteiger partial charge in [0.2, 0.25) is 5.89 Å². The first-order chi connectivity index (χ1) is 11.1. The molecule has 0 unspecified atom stereocenters. The molecule has 7 heteroatoms. The Bertz CT molecular complexity index is 764. The molecule has 2 aromatic heterocycles. The molecule has 0 aliphatic rings. The second-order valence-corrected chi connectivity index (χ2v) is 5.80. The van der Waals surface area contributed by atoms with Crippen LogP contribution in [0.25, 0.3) is 11.3 Å². The monoisotopic (exact) mass is 332 g/mol.